The van der Waals surface area contributed by atoms with Crippen LogP contribution in [0.25, 0.3) is 0 Å². The molecule has 2 aromatic carbocycles. The van der Waals surface area contributed by atoms with Crippen molar-refractivity contribution in [3.8, 4) is 5.75 Å². The highest BCUT2D eigenvalue weighted by Gasteiger charge is 2.37. The number of phenols is 1. The lowest BCUT2D eigenvalue weighted by atomic mass is 10.0. The fourth-order valence-corrected chi connectivity index (χ4v) is 7.92. The Morgan fingerprint density at radius 3 is 1.27 bits per heavy atom. The monoisotopic (exact) mass is 1200 g/mol. The molecule has 0 aliphatic heterocycles. The van der Waals surface area contributed by atoms with Crippen molar-refractivity contribution in [1.82, 2.24) is 53.2 Å². The van der Waals surface area contributed by atoms with Crippen molar-refractivity contribution >= 4 is 82.9 Å². The highest BCUT2D eigenvalue weighted by atomic mass is 16.4. The van der Waals surface area contributed by atoms with Gasteiger partial charge in [-0.25, -0.2) is 0 Å². The number of benzene rings is 2. The zero-order valence-electron chi connectivity index (χ0n) is 46.9. The van der Waals surface area contributed by atoms with Crippen LogP contribution in [-0.4, -0.2) is 177 Å². The lowest BCUT2D eigenvalue weighted by molar-refractivity contribution is -0.142. The number of nitrogens with one attached hydrogen (secondary N) is 12. The summed E-state index contributed by atoms with van der Waals surface area (Å²) in [6.07, 6.45) is -5.81. The number of carbonyl (C=O) groups is 12. The summed E-state index contributed by atoms with van der Waals surface area (Å²) in [5.41, 5.74) is 28.3. The standard InChI is InChI=1S/C52H79N17O16/c1-26(25-70)43(78)67-37(24-40(75)76)49(84)69-41(27(2)71)50(85)65-32(11-7-21-61-52(58)59)44(79)63-33(16-18-38(53)73)46(81)64-34(17-19-39(54)74)47(82)68-36(23-29-12-14-30(72)15-13-29)48(83)62-31(10-6-20-60-51(56)57)45(80)66-35(42(55)77)22-28-8-4-3-5-9-28/h3-5,8-9,12-15,26-27,31-37,41,70-72H,6-7,10-11,16-25H2,1-2H3,(H2,53,73)(H2,54,74)(H2,55,77)(H,62,83)(H,63,79)(H,64,81)(H,65,85)(H,66,80)(H,67,78)(H,68,82)(H,69,84)(H,75,76)(H4,56,57,60)(H4,58,59,61)/t26-,27+,31-,32-,33-,34-,35-,36-,37-,41-/m0/s1. The summed E-state index contributed by atoms with van der Waals surface area (Å²) in [6, 6.07) is 0.548. The van der Waals surface area contributed by atoms with E-state index in [4.69, 9.17) is 39.5 Å². The molecule has 0 aromatic heterocycles. The lowest BCUT2D eigenvalue weighted by Crippen LogP contribution is -2.61. The van der Waals surface area contributed by atoms with Crippen molar-refractivity contribution in [3.63, 3.8) is 0 Å². The molecular weight excluding hydrogens is 1120 g/mol. The maximum absolute atomic E-state index is 14.4. The fourth-order valence-electron chi connectivity index (χ4n) is 7.92. The number of amides is 11. The average molecular weight is 1200 g/mol. The minimum atomic E-state index is -1.95. The second-order valence-electron chi connectivity index (χ2n) is 19.8. The van der Waals surface area contributed by atoms with E-state index in [0.717, 1.165) is 6.92 Å². The molecule has 11 amide bonds. The van der Waals surface area contributed by atoms with Crippen LogP contribution in [0.1, 0.15) is 82.8 Å². The minimum Gasteiger partial charge on any atom is -0.508 e. The molecule has 26 N–H and O–H groups in total. The van der Waals surface area contributed by atoms with Gasteiger partial charge in [-0.3, -0.25) is 68.4 Å². The predicted molar refractivity (Wildman–Crippen MR) is 302 cm³/mol. The number of hydrogen-bond acceptors (Lipinski definition) is 17. The first-order valence-electron chi connectivity index (χ1n) is 26.8. The molecule has 0 heterocycles. The first kappa shape index (κ1) is 71.4. The van der Waals surface area contributed by atoms with Crippen molar-refractivity contribution < 1.29 is 78.0 Å². The Morgan fingerprint density at radius 2 is 0.859 bits per heavy atom. The zero-order chi connectivity index (χ0) is 63.9. The molecule has 33 heteroatoms. The molecule has 10 atom stereocenters. The van der Waals surface area contributed by atoms with Crippen LogP contribution in [0.15, 0.2) is 54.6 Å². The van der Waals surface area contributed by atoms with Gasteiger partial charge in [0.2, 0.25) is 65.0 Å². The number of aliphatic carboxylic acids is 1. The summed E-state index contributed by atoms with van der Waals surface area (Å²) in [7, 11) is 0. The maximum Gasteiger partial charge on any atom is 0.305 e. The third-order valence-corrected chi connectivity index (χ3v) is 12.6. The van der Waals surface area contributed by atoms with Crippen LogP contribution in [0.5, 0.6) is 5.75 Å². The number of phenolic OH excluding ortho intramolecular Hbond substituents is 1. The molecular formula is C52H79N17O16. The molecule has 2 rings (SSSR count). The average Bonchev–Trinajstić information content (AvgIpc) is 3.62. The Balaban J connectivity index is 2.59. The highest BCUT2D eigenvalue weighted by Crippen LogP contribution is 2.14. The molecule has 468 valence electrons. The van der Waals surface area contributed by atoms with Crippen molar-refractivity contribution in [2.75, 3.05) is 19.7 Å². The number of carbonyl (C=O) groups excluding carboxylic acids is 11. The van der Waals surface area contributed by atoms with Gasteiger partial charge in [-0.05, 0) is 68.7 Å². The molecule has 0 saturated heterocycles. The minimum absolute atomic E-state index is 0.0292. The Bertz CT molecular complexity index is 2670. The molecule has 85 heavy (non-hydrogen) atoms. The van der Waals surface area contributed by atoms with Gasteiger partial charge in [0.1, 0.15) is 54.1 Å². The maximum atomic E-state index is 14.4. The molecule has 0 spiro atoms. The van der Waals surface area contributed by atoms with Crippen molar-refractivity contribution in [2.45, 2.75) is 139 Å². The molecule has 2 aromatic rings. The van der Waals surface area contributed by atoms with Crippen LogP contribution in [0, 0.1) is 16.7 Å². The van der Waals surface area contributed by atoms with Crippen molar-refractivity contribution in [1.29, 1.82) is 10.8 Å². The third kappa shape index (κ3) is 27.8. The Kier molecular flexibility index (Phi) is 30.9. The Hall–Kier alpha value is -9.66. The quantitative estimate of drug-likeness (QED) is 0.0168. The van der Waals surface area contributed by atoms with Gasteiger partial charge in [0.15, 0.2) is 11.9 Å². The van der Waals surface area contributed by atoms with E-state index in [0.29, 0.717) is 11.1 Å². The molecule has 0 saturated carbocycles. The number of aromatic hydroxyl groups is 1. The molecule has 0 unspecified atom stereocenters. The molecule has 0 aliphatic rings. The number of nitrogens with two attached hydrogens (primary N) is 5. The predicted octanol–water partition coefficient (Wildman–Crippen LogP) is -6.92. The van der Waals surface area contributed by atoms with Gasteiger partial charge in [-0.15, -0.1) is 0 Å². The van der Waals surface area contributed by atoms with Crippen molar-refractivity contribution in [3.05, 3.63) is 65.7 Å². The molecule has 0 bridgehead atoms. The van der Waals surface area contributed by atoms with E-state index >= 15 is 0 Å². The van der Waals surface area contributed by atoms with Crippen molar-refractivity contribution in [2.24, 2.45) is 34.6 Å². The number of rotatable bonds is 39. The van der Waals surface area contributed by atoms with Gasteiger partial charge >= 0.3 is 5.97 Å². The van der Waals surface area contributed by atoms with E-state index in [2.05, 4.69) is 53.2 Å². The van der Waals surface area contributed by atoms with E-state index < -0.39 is 176 Å². The summed E-state index contributed by atoms with van der Waals surface area (Å²) >= 11 is 0. The normalized spacial score (nSPS) is 14.4. The van der Waals surface area contributed by atoms with Crippen LogP contribution < -0.4 is 81.8 Å². The first-order chi connectivity index (χ1) is 40.0. The summed E-state index contributed by atoms with van der Waals surface area (Å²) in [6.45, 7) is 1.64. The van der Waals surface area contributed by atoms with E-state index in [1.165, 1.54) is 31.2 Å². The molecule has 0 fully saturated rings. The zero-order valence-corrected chi connectivity index (χ0v) is 46.9. The van der Waals surface area contributed by atoms with E-state index in [1.807, 2.05) is 0 Å². The number of carboxylic acid groups (broad SMARTS) is 1. The Labute approximate surface area is 488 Å². The Morgan fingerprint density at radius 1 is 0.482 bits per heavy atom. The van der Waals surface area contributed by atoms with E-state index in [-0.39, 0.29) is 63.3 Å². The van der Waals surface area contributed by atoms with Crippen LogP contribution in [-0.2, 0) is 70.4 Å². The van der Waals surface area contributed by atoms with Gasteiger partial charge < -0.3 is 102 Å². The summed E-state index contributed by atoms with van der Waals surface area (Å²) in [5, 5.41) is 78.6. The smallest absolute Gasteiger partial charge is 0.305 e. The summed E-state index contributed by atoms with van der Waals surface area (Å²) in [5.74, 6) is -15.3. The highest BCUT2D eigenvalue weighted by molar-refractivity contribution is 5.99. The number of guanidine groups is 2. The lowest BCUT2D eigenvalue weighted by Gasteiger charge is -2.28. The van der Waals surface area contributed by atoms with Gasteiger partial charge in [-0.2, -0.15) is 0 Å². The molecule has 0 aliphatic carbocycles. The van der Waals surface area contributed by atoms with Crippen LogP contribution in [0.3, 0.4) is 0 Å². The molecule has 0 radical (unpaired) electrons. The number of primary amides is 3. The largest absolute Gasteiger partial charge is 0.508 e. The van der Waals surface area contributed by atoms with E-state index in [9.17, 15) is 78.0 Å². The second-order valence-corrected chi connectivity index (χ2v) is 19.8. The van der Waals surface area contributed by atoms with Gasteiger partial charge in [0.05, 0.1) is 25.0 Å². The summed E-state index contributed by atoms with van der Waals surface area (Å²) < 4.78 is 0. The number of aliphatic hydroxyl groups is 2. The van der Waals surface area contributed by atoms with E-state index in [1.54, 1.807) is 30.3 Å². The molecule has 33 nitrogen and oxygen atoms in total. The SMILES string of the molecule is C[C@@H](CO)C(=O)N[C@@H](CC(=O)O)C(=O)N[C@H](C(=O)N[C@@H](CCCNC(=N)N)C(=O)N[C@@H](CCC(N)=O)C(=O)N[C@@H](CCC(N)=O)C(=O)N[C@@H](Cc1ccc(O)cc1)C(=O)N[C@@H](CCCNC(=N)N)C(=O)N[C@@H](Cc1ccccc1)C(N)=O)[C@@H](C)O. The van der Waals surface area contributed by atoms with Gasteiger partial charge in [0.25, 0.3) is 0 Å². The fraction of sp³-hybridized carbons (Fsp3) is 0.500. The van der Waals surface area contributed by atoms with Crippen LogP contribution in [0.2, 0.25) is 0 Å². The number of aliphatic hydroxyl groups excluding tert-OH is 2. The van der Waals surface area contributed by atoms with Gasteiger partial charge in [0, 0.05) is 38.8 Å². The summed E-state index contributed by atoms with van der Waals surface area (Å²) in [4.78, 5) is 160. The third-order valence-electron chi connectivity index (χ3n) is 12.6. The van der Waals surface area contributed by atoms with Gasteiger partial charge in [-0.1, -0.05) is 49.4 Å². The number of carboxylic acids is 1. The van der Waals surface area contributed by atoms with Crippen LogP contribution in [0.4, 0.5) is 0 Å². The first-order valence-corrected chi connectivity index (χ1v) is 26.8. The topological polar surface area (TPSA) is 584 Å². The number of hydrogen-bond donors (Lipinski definition) is 21. The second kappa shape index (κ2) is 36.7. The van der Waals surface area contributed by atoms with Crippen LogP contribution >= 0.6 is 0 Å².